The van der Waals surface area contributed by atoms with Crippen LogP contribution in [0.4, 0.5) is 13.2 Å². The summed E-state index contributed by atoms with van der Waals surface area (Å²) in [5.41, 5.74) is 0.172. The molecule has 2 heterocycles. The van der Waals surface area contributed by atoms with Crippen LogP contribution in [-0.2, 0) is 10.9 Å². The van der Waals surface area contributed by atoms with Gasteiger partial charge in [-0.05, 0) is 18.2 Å². The summed E-state index contributed by atoms with van der Waals surface area (Å²) in [6, 6.07) is 11.9. The third-order valence-electron chi connectivity index (χ3n) is 4.01. The van der Waals surface area contributed by atoms with Crippen LogP contribution in [-0.4, -0.2) is 48.8 Å². The number of rotatable bonds is 4. The van der Waals surface area contributed by atoms with Gasteiger partial charge in [-0.15, -0.1) is 0 Å². The van der Waals surface area contributed by atoms with Gasteiger partial charge in [0.15, 0.2) is 0 Å². The minimum Gasteiger partial charge on any atom is -0.475 e. The summed E-state index contributed by atoms with van der Waals surface area (Å²) >= 11 is 0. The van der Waals surface area contributed by atoms with E-state index in [-0.39, 0.29) is 18.6 Å². The number of aromatic nitrogens is 1. The van der Waals surface area contributed by atoms with Gasteiger partial charge in [0.2, 0.25) is 5.88 Å². The van der Waals surface area contributed by atoms with Gasteiger partial charge >= 0.3 is 6.18 Å². The molecule has 3 rings (SSSR count). The van der Waals surface area contributed by atoms with Crippen LogP contribution in [0.25, 0.3) is 0 Å². The first-order chi connectivity index (χ1) is 13.0. The normalized spacial score (nSPS) is 17.8. The highest BCUT2D eigenvalue weighted by Gasteiger charge is 2.30. The largest absolute Gasteiger partial charge is 0.475 e. The van der Waals surface area contributed by atoms with Gasteiger partial charge in [-0.1, -0.05) is 30.0 Å². The van der Waals surface area contributed by atoms with E-state index in [1.807, 2.05) is 30.3 Å². The van der Waals surface area contributed by atoms with Gasteiger partial charge in [-0.3, -0.25) is 4.90 Å². The summed E-state index contributed by atoms with van der Waals surface area (Å²) in [6.07, 6.45) is -3.82. The Balaban J connectivity index is 1.46. The maximum Gasteiger partial charge on any atom is 0.417 e. The van der Waals surface area contributed by atoms with E-state index in [0.717, 1.165) is 24.4 Å². The van der Waals surface area contributed by atoms with Gasteiger partial charge in [0.05, 0.1) is 18.7 Å². The maximum atomic E-state index is 12.5. The van der Waals surface area contributed by atoms with E-state index < -0.39 is 11.7 Å². The Labute approximate surface area is 155 Å². The van der Waals surface area contributed by atoms with Crippen LogP contribution in [0.3, 0.4) is 0 Å². The Kier molecular flexibility index (Phi) is 6.32. The van der Waals surface area contributed by atoms with Crippen LogP contribution in [0.5, 0.6) is 5.88 Å². The summed E-state index contributed by atoms with van der Waals surface area (Å²) in [6.45, 7) is 2.82. The van der Waals surface area contributed by atoms with Crippen LogP contribution in [0, 0.1) is 11.8 Å². The zero-order valence-corrected chi connectivity index (χ0v) is 14.6. The van der Waals surface area contributed by atoms with Gasteiger partial charge in [0.25, 0.3) is 0 Å². The summed E-state index contributed by atoms with van der Waals surface area (Å²) in [5.74, 6) is 6.41. The van der Waals surface area contributed by atoms with E-state index in [0.29, 0.717) is 19.7 Å². The van der Waals surface area contributed by atoms with Crippen molar-refractivity contribution in [1.82, 2.24) is 9.88 Å². The van der Waals surface area contributed by atoms with Gasteiger partial charge in [-0.2, -0.15) is 13.2 Å². The summed E-state index contributed by atoms with van der Waals surface area (Å²) in [4.78, 5) is 5.86. The Morgan fingerprint density at radius 2 is 2.00 bits per heavy atom. The Bertz CT molecular complexity index is 783. The highest BCUT2D eigenvalue weighted by atomic mass is 19.4. The molecule has 27 heavy (non-hydrogen) atoms. The van der Waals surface area contributed by atoms with E-state index in [1.54, 1.807) is 0 Å². The predicted octanol–water partition coefficient (Wildman–Crippen LogP) is 3.23. The number of morpholine rings is 1. The molecular weight excluding hydrogens is 357 g/mol. The van der Waals surface area contributed by atoms with Crippen molar-refractivity contribution in [2.45, 2.75) is 12.3 Å². The fourth-order valence-corrected chi connectivity index (χ4v) is 2.61. The molecule has 0 radical (unpaired) electrons. The van der Waals surface area contributed by atoms with Gasteiger partial charge in [0.1, 0.15) is 12.7 Å². The molecule has 0 N–H and O–H groups in total. The van der Waals surface area contributed by atoms with E-state index in [1.165, 1.54) is 6.07 Å². The highest BCUT2D eigenvalue weighted by molar-refractivity contribution is 5.33. The summed E-state index contributed by atoms with van der Waals surface area (Å²) in [7, 11) is 0. The zero-order chi connectivity index (χ0) is 19.1. The number of alkyl halides is 3. The standard InChI is InChI=1S/C20H19F3N2O2/c21-20(22,23)17-8-9-19(24-13-17)27-15-18-14-25(11-12-26-18)10-4-7-16-5-2-1-3-6-16/h1-3,5-6,8-9,13,18H,10-12,14-15H2. The number of hydrogen-bond donors (Lipinski definition) is 0. The molecule has 0 bridgehead atoms. The second kappa shape index (κ2) is 8.89. The number of pyridine rings is 1. The Hall–Kier alpha value is -2.56. The maximum absolute atomic E-state index is 12.5. The van der Waals surface area contributed by atoms with Crippen molar-refractivity contribution >= 4 is 0 Å². The van der Waals surface area contributed by atoms with Crippen LogP contribution < -0.4 is 4.74 Å². The molecule has 142 valence electrons. The molecule has 1 aliphatic heterocycles. The highest BCUT2D eigenvalue weighted by Crippen LogP contribution is 2.29. The van der Waals surface area contributed by atoms with Crippen molar-refractivity contribution in [2.24, 2.45) is 0 Å². The molecule has 1 fully saturated rings. The average molecular weight is 376 g/mol. The van der Waals surface area contributed by atoms with E-state index in [9.17, 15) is 13.2 Å². The minimum absolute atomic E-state index is 0.146. The first kappa shape index (κ1) is 19.2. The van der Waals surface area contributed by atoms with Crippen molar-refractivity contribution in [2.75, 3.05) is 32.8 Å². The van der Waals surface area contributed by atoms with Crippen molar-refractivity contribution in [3.05, 3.63) is 59.8 Å². The minimum atomic E-state index is -4.40. The SMILES string of the molecule is FC(F)(F)c1ccc(OCC2CN(CC#Cc3ccccc3)CCO2)nc1. The first-order valence-electron chi connectivity index (χ1n) is 8.54. The number of hydrogen-bond acceptors (Lipinski definition) is 4. The van der Waals surface area contributed by atoms with Crippen molar-refractivity contribution in [3.8, 4) is 17.7 Å². The van der Waals surface area contributed by atoms with Crippen LogP contribution >= 0.6 is 0 Å². The van der Waals surface area contributed by atoms with E-state index in [4.69, 9.17) is 9.47 Å². The second-order valence-electron chi connectivity index (χ2n) is 6.09. The van der Waals surface area contributed by atoms with Crippen LogP contribution in [0.2, 0.25) is 0 Å². The Morgan fingerprint density at radius 3 is 2.70 bits per heavy atom. The molecule has 4 nitrogen and oxygen atoms in total. The molecule has 1 aromatic heterocycles. The van der Waals surface area contributed by atoms with E-state index >= 15 is 0 Å². The molecule has 1 aromatic carbocycles. The predicted molar refractivity (Wildman–Crippen MR) is 94.2 cm³/mol. The van der Waals surface area contributed by atoms with Gasteiger partial charge < -0.3 is 9.47 Å². The number of halogens is 3. The monoisotopic (exact) mass is 376 g/mol. The zero-order valence-electron chi connectivity index (χ0n) is 14.6. The third kappa shape index (κ3) is 5.98. The molecule has 0 amide bonds. The number of nitrogens with zero attached hydrogens (tertiary/aromatic N) is 2. The molecule has 2 aromatic rings. The van der Waals surface area contributed by atoms with Crippen LogP contribution in [0.1, 0.15) is 11.1 Å². The molecular formula is C20H19F3N2O2. The lowest BCUT2D eigenvalue weighted by Gasteiger charge is -2.31. The molecule has 1 saturated heterocycles. The lowest BCUT2D eigenvalue weighted by molar-refractivity contribution is -0.137. The fraction of sp³-hybridized carbons (Fsp3) is 0.350. The summed E-state index contributed by atoms with van der Waals surface area (Å²) in [5, 5.41) is 0. The van der Waals surface area contributed by atoms with E-state index in [2.05, 4.69) is 21.7 Å². The molecule has 7 heteroatoms. The first-order valence-corrected chi connectivity index (χ1v) is 8.54. The third-order valence-corrected chi connectivity index (χ3v) is 4.01. The topological polar surface area (TPSA) is 34.6 Å². The molecule has 1 unspecified atom stereocenters. The number of ether oxygens (including phenoxy) is 2. The number of benzene rings is 1. The second-order valence-corrected chi connectivity index (χ2v) is 6.09. The average Bonchev–Trinajstić information content (AvgIpc) is 2.67. The van der Waals surface area contributed by atoms with Crippen molar-refractivity contribution in [3.63, 3.8) is 0 Å². The Morgan fingerprint density at radius 1 is 1.19 bits per heavy atom. The lowest BCUT2D eigenvalue weighted by atomic mass is 10.2. The molecule has 1 atom stereocenters. The molecule has 1 aliphatic rings. The van der Waals surface area contributed by atoms with Crippen LogP contribution in [0.15, 0.2) is 48.7 Å². The van der Waals surface area contributed by atoms with Gasteiger partial charge in [-0.25, -0.2) is 4.98 Å². The molecule has 0 saturated carbocycles. The quantitative estimate of drug-likeness (QED) is 0.768. The van der Waals surface area contributed by atoms with Crippen molar-refractivity contribution in [1.29, 1.82) is 0 Å². The van der Waals surface area contributed by atoms with Gasteiger partial charge in [0, 0.05) is 30.9 Å². The fourth-order valence-electron chi connectivity index (χ4n) is 2.61. The van der Waals surface area contributed by atoms with Crippen molar-refractivity contribution < 1.29 is 22.6 Å². The molecule has 0 spiro atoms. The smallest absolute Gasteiger partial charge is 0.417 e. The summed E-state index contributed by atoms with van der Waals surface area (Å²) < 4.78 is 48.7. The molecule has 0 aliphatic carbocycles. The lowest BCUT2D eigenvalue weighted by Crippen LogP contribution is -2.45.